The average molecular weight is 420 g/mol. The van der Waals surface area contributed by atoms with Gasteiger partial charge in [0.1, 0.15) is 5.01 Å². The summed E-state index contributed by atoms with van der Waals surface area (Å²) in [7, 11) is 3.15. The second kappa shape index (κ2) is 8.66. The SMILES string of the molecule is COc1ccc(-c2csc(C(C#N)C(=O)c3cccc4c3COCC4)n2)cc1OC. The lowest BCUT2D eigenvalue weighted by Gasteiger charge is -2.19. The lowest BCUT2D eigenvalue weighted by atomic mass is 9.91. The molecule has 4 rings (SSSR count). The fourth-order valence-corrected chi connectivity index (χ4v) is 4.42. The predicted molar refractivity (Wildman–Crippen MR) is 113 cm³/mol. The molecule has 0 fully saturated rings. The number of nitriles is 1. The van der Waals surface area contributed by atoms with E-state index in [1.807, 2.05) is 29.6 Å². The summed E-state index contributed by atoms with van der Waals surface area (Å²) < 4.78 is 16.2. The maximum Gasteiger partial charge on any atom is 0.187 e. The van der Waals surface area contributed by atoms with Crippen molar-refractivity contribution < 1.29 is 19.0 Å². The number of methoxy groups -OCH3 is 2. The highest BCUT2D eigenvalue weighted by atomic mass is 32.1. The first-order valence-corrected chi connectivity index (χ1v) is 10.3. The molecular formula is C23H20N2O4S. The summed E-state index contributed by atoms with van der Waals surface area (Å²) in [4.78, 5) is 17.8. The molecule has 7 heteroatoms. The first kappa shape index (κ1) is 20.1. The average Bonchev–Trinajstić information content (AvgIpc) is 3.28. The number of benzene rings is 2. The van der Waals surface area contributed by atoms with Crippen LogP contribution in [0.25, 0.3) is 11.3 Å². The number of carbonyl (C=O) groups is 1. The Morgan fingerprint density at radius 2 is 2.07 bits per heavy atom. The van der Waals surface area contributed by atoms with Crippen molar-refractivity contribution in [2.24, 2.45) is 0 Å². The number of rotatable bonds is 6. The van der Waals surface area contributed by atoms with E-state index in [0.717, 1.165) is 23.1 Å². The highest BCUT2D eigenvalue weighted by Crippen LogP contribution is 2.35. The van der Waals surface area contributed by atoms with Crippen LogP contribution in [0.15, 0.2) is 41.8 Å². The van der Waals surface area contributed by atoms with Crippen LogP contribution in [0.5, 0.6) is 11.5 Å². The van der Waals surface area contributed by atoms with Crippen LogP contribution in [-0.4, -0.2) is 31.6 Å². The summed E-state index contributed by atoms with van der Waals surface area (Å²) in [5.74, 6) is 0.0107. The first-order valence-electron chi connectivity index (χ1n) is 9.46. The topological polar surface area (TPSA) is 81.4 Å². The Labute approximate surface area is 178 Å². The molecule has 3 aromatic rings. The van der Waals surface area contributed by atoms with Crippen LogP contribution in [0.4, 0.5) is 0 Å². The third-order valence-corrected chi connectivity index (χ3v) is 6.05. The number of thiazole rings is 1. The maximum atomic E-state index is 13.2. The van der Waals surface area contributed by atoms with Gasteiger partial charge in [0.05, 0.1) is 39.2 Å². The van der Waals surface area contributed by atoms with Gasteiger partial charge in [-0.15, -0.1) is 11.3 Å². The van der Waals surface area contributed by atoms with Gasteiger partial charge < -0.3 is 14.2 Å². The smallest absolute Gasteiger partial charge is 0.187 e. The molecule has 1 unspecified atom stereocenters. The molecule has 0 saturated carbocycles. The molecule has 0 radical (unpaired) electrons. The maximum absolute atomic E-state index is 13.2. The minimum atomic E-state index is -0.961. The van der Waals surface area contributed by atoms with Gasteiger partial charge in [0, 0.05) is 16.5 Å². The molecule has 152 valence electrons. The largest absolute Gasteiger partial charge is 0.493 e. The molecule has 30 heavy (non-hydrogen) atoms. The van der Waals surface area contributed by atoms with Crippen LogP contribution in [-0.2, 0) is 17.8 Å². The minimum absolute atomic E-state index is 0.243. The van der Waals surface area contributed by atoms with Crippen LogP contribution in [0.1, 0.15) is 32.4 Å². The molecule has 2 heterocycles. The lowest BCUT2D eigenvalue weighted by molar-refractivity contribution is 0.0948. The summed E-state index contributed by atoms with van der Waals surface area (Å²) >= 11 is 1.30. The van der Waals surface area contributed by atoms with Crippen molar-refractivity contribution in [2.45, 2.75) is 18.9 Å². The normalized spacial score (nSPS) is 13.8. The van der Waals surface area contributed by atoms with Gasteiger partial charge in [0.25, 0.3) is 0 Å². The Balaban J connectivity index is 1.65. The number of aromatic nitrogens is 1. The summed E-state index contributed by atoms with van der Waals surface area (Å²) in [5, 5.41) is 12.1. The molecule has 1 aromatic heterocycles. The molecule has 0 aliphatic carbocycles. The Morgan fingerprint density at radius 3 is 2.83 bits per heavy atom. The van der Waals surface area contributed by atoms with Crippen LogP contribution in [0.3, 0.4) is 0 Å². The van der Waals surface area contributed by atoms with Gasteiger partial charge in [0.15, 0.2) is 23.2 Å². The van der Waals surface area contributed by atoms with Crippen LogP contribution in [0, 0.1) is 11.3 Å². The van der Waals surface area contributed by atoms with Gasteiger partial charge in [-0.05, 0) is 35.7 Å². The highest BCUT2D eigenvalue weighted by molar-refractivity contribution is 7.10. The van der Waals surface area contributed by atoms with Crippen LogP contribution < -0.4 is 9.47 Å². The van der Waals surface area contributed by atoms with E-state index in [1.54, 1.807) is 26.4 Å². The van der Waals surface area contributed by atoms with E-state index in [4.69, 9.17) is 14.2 Å². The second-order valence-electron chi connectivity index (χ2n) is 6.81. The number of nitrogens with zero attached hydrogens (tertiary/aromatic N) is 2. The van der Waals surface area contributed by atoms with Gasteiger partial charge >= 0.3 is 0 Å². The van der Waals surface area contributed by atoms with Gasteiger partial charge in [0.2, 0.25) is 0 Å². The Hall–Kier alpha value is -3.21. The molecule has 0 spiro atoms. The van der Waals surface area contributed by atoms with Crippen molar-refractivity contribution >= 4 is 17.1 Å². The van der Waals surface area contributed by atoms with E-state index in [2.05, 4.69) is 11.1 Å². The lowest BCUT2D eigenvalue weighted by Crippen LogP contribution is -2.18. The van der Waals surface area contributed by atoms with Crippen molar-refractivity contribution in [2.75, 3.05) is 20.8 Å². The third-order valence-electron chi connectivity index (χ3n) is 5.14. The van der Waals surface area contributed by atoms with Crippen molar-refractivity contribution in [1.82, 2.24) is 4.98 Å². The Bertz CT molecular complexity index is 1130. The van der Waals surface area contributed by atoms with Crippen molar-refractivity contribution in [3.8, 4) is 28.8 Å². The van der Waals surface area contributed by atoms with E-state index >= 15 is 0 Å². The van der Waals surface area contributed by atoms with E-state index < -0.39 is 5.92 Å². The number of ether oxygens (including phenoxy) is 3. The standard InChI is InChI=1S/C23H20N2O4S/c1-27-20-7-6-15(10-21(20)28-2)19-13-30-23(25-19)17(11-24)22(26)16-5-3-4-14-8-9-29-12-18(14)16/h3-7,10,13,17H,8-9,12H2,1-2H3. The van der Waals surface area contributed by atoms with Crippen molar-refractivity contribution in [1.29, 1.82) is 5.26 Å². The predicted octanol–water partition coefficient (Wildman–Crippen LogP) is 4.39. The molecule has 0 N–H and O–H groups in total. The van der Waals surface area contributed by atoms with E-state index in [1.165, 1.54) is 11.3 Å². The molecule has 0 amide bonds. The molecule has 0 saturated heterocycles. The summed E-state index contributed by atoms with van der Waals surface area (Å²) in [6.07, 6.45) is 0.772. The Kier molecular flexibility index (Phi) is 5.79. The zero-order chi connectivity index (χ0) is 21.1. The van der Waals surface area contributed by atoms with Crippen molar-refractivity contribution in [3.05, 3.63) is 63.5 Å². The van der Waals surface area contributed by atoms with Gasteiger partial charge in [-0.1, -0.05) is 18.2 Å². The summed E-state index contributed by atoms with van der Waals surface area (Å²) in [6.45, 7) is 1.04. The Morgan fingerprint density at radius 1 is 1.23 bits per heavy atom. The summed E-state index contributed by atoms with van der Waals surface area (Å²) in [6, 6.07) is 13.3. The van der Waals surface area contributed by atoms with Gasteiger partial charge in [-0.3, -0.25) is 4.79 Å². The second-order valence-corrected chi connectivity index (χ2v) is 7.70. The number of fused-ring (bicyclic) bond motifs is 1. The molecule has 6 nitrogen and oxygen atoms in total. The zero-order valence-corrected chi connectivity index (χ0v) is 17.5. The molecule has 1 aliphatic heterocycles. The molecule has 1 atom stereocenters. The van der Waals surface area contributed by atoms with Crippen LogP contribution in [0.2, 0.25) is 0 Å². The van der Waals surface area contributed by atoms with Gasteiger partial charge in [-0.25, -0.2) is 4.98 Å². The minimum Gasteiger partial charge on any atom is -0.493 e. The van der Waals surface area contributed by atoms with E-state index in [-0.39, 0.29) is 5.78 Å². The molecule has 2 aromatic carbocycles. The monoisotopic (exact) mass is 420 g/mol. The quantitative estimate of drug-likeness (QED) is 0.550. The number of hydrogen-bond acceptors (Lipinski definition) is 7. The number of ketones is 1. The number of hydrogen-bond donors (Lipinski definition) is 0. The van der Waals surface area contributed by atoms with E-state index in [9.17, 15) is 10.1 Å². The van der Waals surface area contributed by atoms with Crippen LogP contribution >= 0.6 is 11.3 Å². The highest BCUT2D eigenvalue weighted by Gasteiger charge is 2.28. The molecular weight excluding hydrogens is 400 g/mol. The van der Waals surface area contributed by atoms with E-state index in [0.29, 0.717) is 41.0 Å². The molecule has 1 aliphatic rings. The fourth-order valence-electron chi connectivity index (χ4n) is 3.56. The zero-order valence-electron chi connectivity index (χ0n) is 16.7. The number of Topliss-reactive ketones (excluding diaryl/α,β-unsaturated/α-hetero) is 1. The molecule has 0 bridgehead atoms. The third kappa shape index (κ3) is 3.67. The summed E-state index contributed by atoms with van der Waals surface area (Å²) in [5.41, 5.74) is 4.04. The number of carbonyl (C=O) groups excluding carboxylic acids is 1. The first-order chi connectivity index (χ1) is 14.7. The van der Waals surface area contributed by atoms with Gasteiger partial charge in [-0.2, -0.15) is 5.26 Å². The van der Waals surface area contributed by atoms with Crippen molar-refractivity contribution in [3.63, 3.8) is 0 Å². The fraction of sp³-hybridized carbons (Fsp3) is 0.261.